The molecule has 7 heteroatoms. The molecule has 0 saturated heterocycles. The Morgan fingerprint density at radius 1 is 0.705 bits per heavy atom. The Morgan fingerprint density at radius 3 is 1.91 bits per heavy atom. The minimum Gasteiger partial charge on any atom is -0.497 e. The number of nitrogens with one attached hydrogen (secondary N) is 1. The number of hydrogen-bond donors (Lipinski definition) is 1. The highest BCUT2D eigenvalue weighted by Crippen LogP contribution is 2.36. The lowest BCUT2D eigenvalue weighted by molar-refractivity contribution is -0.120. The highest BCUT2D eigenvalue weighted by Gasteiger charge is 2.33. The number of unbranched alkanes of at least 4 members (excludes halogenated alkanes) is 2. The van der Waals surface area contributed by atoms with Gasteiger partial charge in [-0.15, -0.1) is 0 Å². The molecule has 6 nitrogen and oxygen atoms in total. The fourth-order valence-electron chi connectivity index (χ4n) is 5.89. The SMILES string of the molecule is COc1ccc(C2Cc3ccccc3N(CCCCCBr)C2=O)cc1.COc1ccc(C2Cc3ccccc3NC2=O)cc1. The molecule has 1 N–H and O–H groups in total. The van der Waals surface area contributed by atoms with Crippen molar-refractivity contribution in [1.29, 1.82) is 0 Å². The van der Waals surface area contributed by atoms with Gasteiger partial charge in [0.25, 0.3) is 0 Å². The van der Waals surface area contributed by atoms with E-state index in [0.717, 1.165) is 78.0 Å². The van der Waals surface area contributed by atoms with Crippen LogP contribution in [0.2, 0.25) is 0 Å². The third-order valence-electron chi connectivity index (χ3n) is 8.34. The summed E-state index contributed by atoms with van der Waals surface area (Å²) in [6.07, 6.45) is 4.81. The molecule has 0 spiro atoms. The quantitative estimate of drug-likeness (QED) is 0.147. The Kier molecular flexibility index (Phi) is 10.7. The van der Waals surface area contributed by atoms with Gasteiger partial charge in [0, 0.05) is 23.2 Å². The molecule has 4 aromatic carbocycles. The van der Waals surface area contributed by atoms with E-state index in [2.05, 4.69) is 45.5 Å². The van der Waals surface area contributed by atoms with Gasteiger partial charge < -0.3 is 19.7 Å². The van der Waals surface area contributed by atoms with Gasteiger partial charge in [-0.1, -0.05) is 83.0 Å². The number of nitrogens with zero attached hydrogens (tertiary/aromatic N) is 1. The van der Waals surface area contributed by atoms with Crippen molar-refractivity contribution < 1.29 is 19.1 Å². The maximum Gasteiger partial charge on any atom is 0.234 e. The van der Waals surface area contributed by atoms with Crippen molar-refractivity contribution >= 4 is 39.1 Å². The molecule has 0 saturated carbocycles. The summed E-state index contributed by atoms with van der Waals surface area (Å²) < 4.78 is 10.4. The van der Waals surface area contributed by atoms with Crippen molar-refractivity contribution in [3.05, 3.63) is 119 Å². The van der Waals surface area contributed by atoms with Crippen LogP contribution in [0.25, 0.3) is 0 Å². The molecular weight excluding hydrogens is 616 g/mol. The minimum absolute atomic E-state index is 0.0591. The number of para-hydroxylation sites is 2. The number of hydrogen-bond acceptors (Lipinski definition) is 4. The minimum atomic E-state index is -0.124. The fraction of sp³-hybridized carbons (Fsp3) is 0.297. The van der Waals surface area contributed by atoms with Crippen LogP contribution in [0.4, 0.5) is 11.4 Å². The van der Waals surface area contributed by atoms with E-state index in [9.17, 15) is 9.59 Å². The van der Waals surface area contributed by atoms with Gasteiger partial charge in [0.15, 0.2) is 0 Å². The number of carbonyl (C=O) groups is 2. The van der Waals surface area contributed by atoms with Crippen molar-refractivity contribution in [2.45, 2.75) is 43.9 Å². The van der Waals surface area contributed by atoms with Crippen LogP contribution in [0.15, 0.2) is 97.1 Å². The van der Waals surface area contributed by atoms with E-state index >= 15 is 0 Å². The van der Waals surface area contributed by atoms with Gasteiger partial charge in [0.2, 0.25) is 11.8 Å². The zero-order valence-electron chi connectivity index (χ0n) is 25.3. The Bertz CT molecular complexity index is 1550. The summed E-state index contributed by atoms with van der Waals surface area (Å²) in [5, 5.41) is 3.99. The van der Waals surface area contributed by atoms with Crippen LogP contribution in [0.3, 0.4) is 0 Å². The molecule has 2 aliphatic heterocycles. The first-order valence-corrected chi connectivity index (χ1v) is 16.3. The second-order valence-electron chi connectivity index (χ2n) is 11.1. The number of benzene rings is 4. The van der Waals surface area contributed by atoms with Gasteiger partial charge in [-0.2, -0.15) is 0 Å². The molecule has 4 aromatic rings. The highest BCUT2D eigenvalue weighted by atomic mass is 79.9. The van der Waals surface area contributed by atoms with Crippen LogP contribution in [-0.4, -0.2) is 37.9 Å². The maximum absolute atomic E-state index is 13.2. The first kappa shape index (κ1) is 31.3. The molecule has 2 amide bonds. The number of fused-ring (bicyclic) bond motifs is 2. The molecule has 2 heterocycles. The summed E-state index contributed by atoms with van der Waals surface area (Å²) in [6.45, 7) is 0.787. The summed E-state index contributed by atoms with van der Waals surface area (Å²) >= 11 is 3.47. The Hall–Kier alpha value is -4.10. The third kappa shape index (κ3) is 7.33. The predicted octanol–water partition coefficient (Wildman–Crippen LogP) is 7.91. The lowest BCUT2D eigenvalue weighted by Crippen LogP contribution is -2.40. The van der Waals surface area contributed by atoms with Gasteiger partial charge in [-0.25, -0.2) is 0 Å². The second-order valence-corrected chi connectivity index (χ2v) is 11.9. The van der Waals surface area contributed by atoms with E-state index in [0.29, 0.717) is 0 Å². The first-order chi connectivity index (χ1) is 21.5. The van der Waals surface area contributed by atoms with Crippen LogP contribution in [0.1, 0.15) is 53.4 Å². The monoisotopic (exact) mass is 654 g/mol. The summed E-state index contributed by atoms with van der Waals surface area (Å²) in [5.74, 6) is 1.66. The number of rotatable bonds is 9. The molecule has 44 heavy (non-hydrogen) atoms. The van der Waals surface area contributed by atoms with Crippen LogP contribution < -0.4 is 19.7 Å². The number of ether oxygens (including phenoxy) is 2. The second kappa shape index (κ2) is 15.1. The van der Waals surface area contributed by atoms with E-state index in [4.69, 9.17) is 9.47 Å². The molecule has 2 aliphatic rings. The van der Waals surface area contributed by atoms with Crippen molar-refractivity contribution in [3.8, 4) is 11.5 Å². The Labute approximate surface area is 268 Å². The van der Waals surface area contributed by atoms with E-state index in [1.54, 1.807) is 14.2 Å². The standard InChI is InChI=1S/C21H24BrNO2.C16H15NO2/c1-25-18-11-9-16(10-12-18)19-15-17-7-3-4-8-20(17)23(21(19)24)14-6-2-5-13-22;1-19-13-8-6-11(7-9-13)14-10-12-4-2-3-5-15(12)17-16(14)18/h3-4,7-12,19H,2,5-6,13-15H2,1H3;2-9,14H,10H2,1H3,(H,17,18). The molecule has 0 aromatic heterocycles. The summed E-state index contributed by atoms with van der Waals surface area (Å²) in [5.41, 5.74) is 6.53. The lowest BCUT2D eigenvalue weighted by Gasteiger charge is -2.34. The van der Waals surface area contributed by atoms with Crippen molar-refractivity contribution in [2.75, 3.05) is 36.3 Å². The lowest BCUT2D eigenvalue weighted by atomic mass is 9.86. The predicted molar refractivity (Wildman–Crippen MR) is 180 cm³/mol. The highest BCUT2D eigenvalue weighted by molar-refractivity contribution is 9.09. The van der Waals surface area contributed by atoms with Gasteiger partial charge in [-0.05, 0) is 84.3 Å². The summed E-state index contributed by atoms with van der Waals surface area (Å²) in [6, 6.07) is 31.8. The molecule has 0 radical (unpaired) electrons. The number of anilines is 2. The van der Waals surface area contributed by atoms with E-state index < -0.39 is 0 Å². The van der Waals surface area contributed by atoms with Gasteiger partial charge in [-0.3, -0.25) is 9.59 Å². The van der Waals surface area contributed by atoms with Gasteiger partial charge >= 0.3 is 0 Å². The number of methoxy groups -OCH3 is 2. The Balaban J connectivity index is 0.000000181. The molecule has 2 atom stereocenters. The number of halogens is 1. The molecule has 228 valence electrons. The van der Waals surface area contributed by atoms with E-state index in [1.165, 1.54) is 11.1 Å². The Morgan fingerprint density at radius 2 is 1.27 bits per heavy atom. The smallest absolute Gasteiger partial charge is 0.234 e. The largest absolute Gasteiger partial charge is 0.497 e. The number of amides is 2. The van der Waals surface area contributed by atoms with Gasteiger partial charge in [0.05, 0.1) is 26.1 Å². The van der Waals surface area contributed by atoms with E-state index in [1.807, 2.05) is 77.7 Å². The third-order valence-corrected chi connectivity index (χ3v) is 8.90. The fourth-order valence-corrected chi connectivity index (χ4v) is 6.28. The molecular formula is C37H39BrN2O4. The average Bonchev–Trinajstić information content (AvgIpc) is 3.07. The molecule has 0 bridgehead atoms. The molecule has 6 rings (SSSR count). The number of carbonyl (C=O) groups excluding carboxylic acids is 2. The summed E-state index contributed by atoms with van der Waals surface area (Å²) in [4.78, 5) is 27.3. The number of alkyl halides is 1. The van der Waals surface area contributed by atoms with Crippen molar-refractivity contribution in [1.82, 2.24) is 0 Å². The molecule has 0 fully saturated rings. The normalized spacial score (nSPS) is 17.0. The van der Waals surface area contributed by atoms with Crippen molar-refractivity contribution in [2.24, 2.45) is 0 Å². The van der Waals surface area contributed by atoms with Crippen LogP contribution >= 0.6 is 15.9 Å². The average molecular weight is 656 g/mol. The van der Waals surface area contributed by atoms with Crippen LogP contribution in [0.5, 0.6) is 11.5 Å². The van der Waals surface area contributed by atoms with Gasteiger partial charge in [0.1, 0.15) is 11.5 Å². The molecule has 2 unspecified atom stereocenters. The van der Waals surface area contributed by atoms with Crippen LogP contribution in [0, 0.1) is 0 Å². The van der Waals surface area contributed by atoms with Crippen molar-refractivity contribution in [3.63, 3.8) is 0 Å². The zero-order valence-corrected chi connectivity index (χ0v) is 26.9. The van der Waals surface area contributed by atoms with Crippen LogP contribution in [-0.2, 0) is 22.4 Å². The molecule has 0 aliphatic carbocycles. The topological polar surface area (TPSA) is 67.9 Å². The zero-order chi connectivity index (χ0) is 30.9. The van der Waals surface area contributed by atoms with E-state index in [-0.39, 0.29) is 23.7 Å². The summed E-state index contributed by atoms with van der Waals surface area (Å²) in [7, 11) is 3.30. The first-order valence-electron chi connectivity index (χ1n) is 15.1. The maximum atomic E-state index is 13.2.